The highest BCUT2D eigenvalue weighted by Crippen LogP contribution is 2.63. The van der Waals surface area contributed by atoms with E-state index < -0.39 is 5.41 Å². The van der Waals surface area contributed by atoms with E-state index in [-0.39, 0.29) is 5.43 Å². The van der Waals surface area contributed by atoms with Gasteiger partial charge in [-0.15, -0.1) is 0 Å². The first-order valence-electron chi connectivity index (χ1n) is 13.4. The van der Waals surface area contributed by atoms with Crippen molar-refractivity contribution in [2.45, 2.75) is 12.3 Å². The Bertz CT molecular complexity index is 1940. The molecule has 6 aromatic rings. The summed E-state index contributed by atoms with van der Waals surface area (Å²) in [5, 5.41) is 0.745. The number of rotatable bonds is 1. The number of pyridine rings is 1. The van der Waals surface area contributed by atoms with Crippen LogP contribution in [0.1, 0.15) is 27.8 Å². The first-order chi connectivity index (χ1) is 19.1. The molecule has 2 heterocycles. The lowest BCUT2D eigenvalue weighted by Gasteiger charge is -2.45. The van der Waals surface area contributed by atoms with Gasteiger partial charge in [-0.2, -0.15) is 0 Å². The van der Waals surface area contributed by atoms with Crippen LogP contribution < -0.4 is 10.3 Å². The summed E-state index contributed by atoms with van der Waals surface area (Å²) in [5.74, 6) is 0. The Morgan fingerprint density at radius 3 is 1.72 bits per heavy atom. The maximum Gasteiger partial charge on any atom is 0.192 e. The van der Waals surface area contributed by atoms with Crippen molar-refractivity contribution in [3.63, 3.8) is 0 Å². The molecule has 0 bridgehead atoms. The van der Waals surface area contributed by atoms with Gasteiger partial charge in [0.2, 0.25) is 0 Å². The minimum Gasteiger partial charge on any atom is -0.350 e. The van der Waals surface area contributed by atoms with Crippen molar-refractivity contribution in [3.05, 3.63) is 159 Å². The molecule has 186 valence electrons. The van der Waals surface area contributed by atoms with Gasteiger partial charge in [-0.25, -0.2) is 0 Å². The van der Waals surface area contributed by atoms with Gasteiger partial charge in [0.05, 0.1) is 22.3 Å². The van der Waals surface area contributed by atoms with Crippen molar-refractivity contribution in [1.29, 1.82) is 0 Å². The smallest absolute Gasteiger partial charge is 0.192 e. The number of fused-ring (bicyclic) bond motifs is 10. The quantitative estimate of drug-likeness (QED) is 0.227. The zero-order valence-electron chi connectivity index (χ0n) is 21.8. The van der Waals surface area contributed by atoms with Crippen LogP contribution in [-0.4, -0.2) is 4.57 Å². The van der Waals surface area contributed by atoms with Crippen LogP contribution in [0.4, 0.5) is 17.1 Å². The molecule has 39 heavy (non-hydrogen) atoms. The summed E-state index contributed by atoms with van der Waals surface area (Å²) in [6, 6.07) is 41.5. The Hall–Kier alpha value is -4.89. The van der Waals surface area contributed by atoms with Gasteiger partial charge in [-0.1, -0.05) is 84.9 Å². The van der Waals surface area contributed by atoms with E-state index in [1.807, 2.05) is 26.2 Å². The number of aryl methyl sites for hydroxylation is 2. The van der Waals surface area contributed by atoms with E-state index in [0.717, 1.165) is 33.5 Å². The molecule has 1 aromatic heterocycles. The Morgan fingerprint density at radius 1 is 0.615 bits per heavy atom. The summed E-state index contributed by atoms with van der Waals surface area (Å²) in [4.78, 5) is 15.3. The number of nitrogens with zero attached hydrogens (tertiary/aromatic N) is 2. The summed E-state index contributed by atoms with van der Waals surface area (Å²) in [6.45, 7) is 1.88. The van der Waals surface area contributed by atoms with Gasteiger partial charge in [0.25, 0.3) is 0 Å². The maximum absolute atomic E-state index is 12.9. The lowest BCUT2D eigenvalue weighted by atomic mass is 9.64. The number of hydrogen-bond acceptors (Lipinski definition) is 2. The van der Waals surface area contributed by atoms with Gasteiger partial charge < -0.3 is 9.47 Å². The fourth-order valence-electron chi connectivity index (χ4n) is 7.11. The zero-order chi connectivity index (χ0) is 26.3. The van der Waals surface area contributed by atoms with E-state index >= 15 is 0 Å². The number of para-hydroxylation sites is 2. The molecule has 0 fully saturated rings. The summed E-state index contributed by atoms with van der Waals surface area (Å²) < 4.78 is 2.06. The van der Waals surface area contributed by atoms with Crippen LogP contribution in [0.25, 0.3) is 22.0 Å². The number of hydrogen-bond donors (Lipinski definition) is 0. The lowest BCUT2D eigenvalue weighted by molar-refractivity contribution is 0.752. The molecule has 1 aliphatic heterocycles. The topological polar surface area (TPSA) is 25.2 Å². The zero-order valence-corrected chi connectivity index (χ0v) is 21.8. The minimum absolute atomic E-state index is 0.0900. The van der Waals surface area contributed by atoms with E-state index in [4.69, 9.17) is 0 Å². The van der Waals surface area contributed by atoms with Gasteiger partial charge in [-0.05, 0) is 70.6 Å². The maximum atomic E-state index is 12.9. The third-order valence-corrected chi connectivity index (χ3v) is 8.66. The predicted molar refractivity (Wildman–Crippen MR) is 159 cm³/mol. The average molecular weight is 503 g/mol. The van der Waals surface area contributed by atoms with E-state index in [1.54, 1.807) is 0 Å². The summed E-state index contributed by atoms with van der Waals surface area (Å²) in [5.41, 5.74) is 12.5. The molecular formula is C36H26N2O. The predicted octanol–water partition coefficient (Wildman–Crippen LogP) is 7.99. The van der Waals surface area contributed by atoms with Crippen molar-refractivity contribution in [3.8, 4) is 11.1 Å². The van der Waals surface area contributed by atoms with E-state index in [1.165, 1.54) is 33.4 Å². The second kappa shape index (κ2) is 7.81. The fourth-order valence-corrected chi connectivity index (χ4v) is 7.11. The van der Waals surface area contributed by atoms with Crippen LogP contribution in [0.3, 0.4) is 0 Å². The molecule has 5 aromatic carbocycles. The SMILES string of the molecule is Cc1cn(C)c2cc(N3c4ccccc4C4(c5ccccc5-c5ccccc54)c4ccccc43)ccc2c1=O. The average Bonchev–Trinajstić information content (AvgIpc) is 3.27. The Morgan fingerprint density at radius 2 is 1.13 bits per heavy atom. The largest absolute Gasteiger partial charge is 0.350 e. The molecule has 0 unspecified atom stereocenters. The molecule has 0 saturated heterocycles. The van der Waals surface area contributed by atoms with Gasteiger partial charge in [0, 0.05) is 29.9 Å². The summed E-state index contributed by atoms with van der Waals surface area (Å²) >= 11 is 0. The molecule has 3 nitrogen and oxygen atoms in total. The summed E-state index contributed by atoms with van der Waals surface area (Å²) in [7, 11) is 2.01. The molecule has 0 amide bonds. The number of benzene rings is 5. The standard InChI is InChI=1S/C36H26N2O/c1-23-22-37(2)34-21-24(19-20-27(34)35(23)39)38-32-17-9-7-15-30(32)36(31-16-8-10-18-33(31)38)28-13-5-3-11-25(28)26-12-4-6-14-29(26)36/h3-22H,1-2H3. The highest BCUT2D eigenvalue weighted by atomic mass is 16.1. The molecule has 3 heteroatoms. The van der Waals surface area contributed by atoms with Gasteiger partial charge in [-0.3, -0.25) is 4.79 Å². The Kier molecular flexibility index (Phi) is 4.43. The summed E-state index contributed by atoms with van der Waals surface area (Å²) in [6.07, 6.45) is 1.92. The molecule has 0 N–H and O–H groups in total. The molecule has 8 rings (SSSR count). The van der Waals surface area contributed by atoms with Crippen LogP contribution in [-0.2, 0) is 12.5 Å². The Balaban J connectivity index is 1.48. The van der Waals surface area contributed by atoms with Gasteiger partial charge in [0.15, 0.2) is 5.43 Å². The molecule has 0 atom stereocenters. The van der Waals surface area contributed by atoms with Gasteiger partial charge >= 0.3 is 0 Å². The van der Waals surface area contributed by atoms with E-state index in [0.29, 0.717) is 0 Å². The van der Waals surface area contributed by atoms with Crippen LogP contribution in [0.15, 0.2) is 126 Å². The van der Waals surface area contributed by atoms with Gasteiger partial charge in [0.1, 0.15) is 0 Å². The third kappa shape index (κ3) is 2.74. The lowest BCUT2D eigenvalue weighted by Crippen LogP contribution is -2.36. The first kappa shape index (κ1) is 22.1. The third-order valence-electron chi connectivity index (χ3n) is 8.66. The highest BCUT2D eigenvalue weighted by molar-refractivity contribution is 5.97. The molecule has 0 saturated carbocycles. The van der Waals surface area contributed by atoms with E-state index in [9.17, 15) is 4.79 Å². The monoisotopic (exact) mass is 502 g/mol. The molecular weight excluding hydrogens is 476 g/mol. The molecule has 1 aliphatic carbocycles. The Labute approximate surface area is 227 Å². The number of aromatic nitrogens is 1. The van der Waals surface area contributed by atoms with Crippen LogP contribution in [0, 0.1) is 6.92 Å². The minimum atomic E-state index is -0.419. The number of anilines is 3. The molecule has 0 radical (unpaired) electrons. The van der Waals surface area contributed by atoms with Crippen molar-refractivity contribution in [1.82, 2.24) is 4.57 Å². The van der Waals surface area contributed by atoms with Crippen molar-refractivity contribution in [2.75, 3.05) is 4.90 Å². The van der Waals surface area contributed by atoms with Crippen LogP contribution in [0.5, 0.6) is 0 Å². The second-order valence-corrected chi connectivity index (χ2v) is 10.7. The van der Waals surface area contributed by atoms with Crippen molar-refractivity contribution in [2.24, 2.45) is 7.05 Å². The van der Waals surface area contributed by atoms with Crippen LogP contribution >= 0.6 is 0 Å². The van der Waals surface area contributed by atoms with E-state index in [2.05, 4.69) is 119 Å². The first-order valence-corrected chi connectivity index (χ1v) is 13.4. The fraction of sp³-hybridized carbons (Fsp3) is 0.0833. The van der Waals surface area contributed by atoms with Crippen molar-refractivity contribution >= 4 is 28.0 Å². The second-order valence-electron chi connectivity index (χ2n) is 10.7. The highest BCUT2D eigenvalue weighted by Gasteiger charge is 2.51. The molecule has 1 spiro atoms. The van der Waals surface area contributed by atoms with Crippen molar-refractivity contribution < 1.29 is 0 Å². The van der Waals surface area contributed by atoms with Crippen LogP contribution in [0.2, 0.25) is 0 Å². The molecule has 2 aliphatic rings. The normalized spacial score (nSPS) is 14.2.